The minimum absolute atomic E-state index is 0.287. The van der Waals surface area contributed by atoms with Crippen LogP contribution >= 0.6 is 7.14 Å². The second-order valence-electron chi connectivity index (χ2n) is 12.5. The van der Waals surface area contributed by atoms with E-state index in [1.165, 1.54) is 48.1 Å². The zero-order valence-corrected chi connectivity index (χ0v) is 24.2. The van der Waals surface area contributed by atoms with Gasteiger partial charge in [-0.15, -0.1) is 0 Å². The van der Waals surface area contributed by atoms with Gasteiger partial charge in [0, 0.05) is 24.9 Å². The molecule has 3 rings (SSSR count). The monoisotopic (exact) mass is 497 g/mol. The Morgan fingerprint density at radius 2 is 1.80 bits per heavy atom. The highest BCUT2D eigenvalue weighted by molar-refractivity contribution is 7.62. The Labute approximate surface area is 215 Å². The van der Waals surface area contributed by atoms with Crippen molar-refractivity contribution in [2.45, 2.75) is 72.6 Å². The van der Waals surface area contributed by atoms with Crippen molar-refractivity contribution in [3.05, 3.63) is 59.2 Å². The van der Waals surface area contributed by atoms with Crippen molar-refractivity contribution in [3.63, 3.8) is 0 Å². The Morgan fingerprint density at radius 3 is 2.46 bits per heavy atom. The van der Waals surface area contributed by atoms with Gasteiger partial charge in [-0.3, -0.25) is 0 Å². The third kappa shape index (κ3) is 9.34. The molecule has 0 N–H and O–H groups in total. The first-order chi connectivity index (χ1) is 16.4. The number of aryl methyl sites for hydroxylation is 2. The van der Waals surface area contributed by atoms with E-state index in [1.54, 1.807) is 0 Å². The number of benzene rings is 2. The molecule has 1 fully saturated rings. The summed E-state index contributed by atoms with van der Waals surface area (Å²) in [5.74, 6) is 1.82. The highest BCUT2D eigenvalue weighted by atomic mass is 31.2. The summed E-state index contributed by atoms with van der Waals surface area (Å²) >= 11 is 0. The molecule has 2 aromatic rings. The van der Waals surface area contributed by atoms with Crippen molar-refractivity contribution < 1.29 is 9.30 Å². The molecule has 4 heteroatoms. The van der Waals surface area contributed by atoms with Crippen LogP contribution in [0.5, 0.6) is 5.75 Å². The Kier molecular flexibility index (Phi) is 9.55. The number of anilines is 1. The van der Waals surface area contributed by atoms with Gasteiger partial charge in [0.2, 0.25) is 0 Å². The molecular formula is C31H48NO2P. The molecule has 0 radical (unpaired) electrons. The van der Waals surface area contributed by atoms with Crippen LogP contribution in [-0.2, 0) is 11.0 Å². The van der Waals surface area contributed by atoms with Crippen molar-refractivity contribution in [1.29, 1.82) is 0 Å². The van der Waals surface area contributed by atoms with Gasteiger partial charge in [0.25, 0.3) is 0 Å². The van der Waals surface area contributed by atoms with Gasteiger partial charge in [-0.25, -0.2) is 0 Å². The van der Waals surface area contributed by atoms with Crippen molar-refractivity contribution in [3.8, 4) is 5.75 Å². The van der Waals surface area contributed by atoms with E-state index < -0.39 is 7.14 Å². The molecule has 0 spiro atoms. The highest BCUT2D eigenvalue weighted by Crippen LogP contribution is 2.41. The van der Waals surface area contributed by atoms with Gasteiger partial charge in [0.1, 0.15) is 5.75 Å². The van der Waals surface area contributed by atoms with Crippen LogP contribution in [0.25, 0.3) is 0 Å². The van der Waals surface area contributed by atoms with Crippen LogP contribution in [0.2, 0.25) is 0 Å². The molecule has 194 valence electrons. The zero-order valence-electron chi connectivity index (χ0n) is 23.3. The molecule has 1 aliphatic heterocycles. The second-order valence-corrected chi connectivity index (χ2v) is 16.0. The molecule has 1 heterocycles. The summed E-state index contributed by atoms with van der Waals surface area (Å²) < 4.78 is 18.5. The summed E-state index contributed by atoms with van der Waals surface area (Å²) in [5, 5.41) is 0. The molecule has 0 unspecified atom stereocenters. The molecule has 0 aliphatic carbocycles. The maximum atomic E-state index is 12.2. The molecule has 1 atom stereocenters. The lowest BCUT2D eigenvalue weighted by atomic mass is 9.88. The normalized spacial score (nSPS) is 16.4. The fourth-order valence-electron chi connectivity index (χ4n) is 5.22. The van der Waals surface area contributed by atoms with E-state index in [-0.39, 0.29) is 5.92 Å². The summed E-state index contributed by atoms with van der Waals surface area (Å²) in [5.41, 5.74) is 5.92. The number of piperidine rings is 1. The zero-order chi connectivity index (χ0) is 25.6. The molecule has 0 saturated carbocycles. The quantitative estimate of drug-likeness (QED) is 0.309. The Morgan fingerprint density at radius 1 is 1.09 bits per heavy atom. The molecule has 3 nitrogen and oxygen atoms in total. The first-order valence-corrected chi connectivity index (χ1v) is 16.3. The lowest BCUT2D eigenvalue weighted by Gasteiger charge is -2.35. The fourth-order valence-corrected chi connectivity index (χ4v) is 6.75. The maximum absolute atomic E-state index is 12.2. The minimum Gasteiger partial charge on any atom is -0.493 e. The molecule has 0 aromatic heterocycles. The maximum Gasteiger partial charge on any atom is 0.119 e. The van der Waals surface area contributed by atoms with Gasteiger partial charge in [-0.1, -0.05) is 52.0 Å². The van der Waals surface area contributed by atoms with Crippen LogP contribution in [0.3, 0.4) is 0 Å². The molecule has 1 aliphatic rings. The second kappa shape index (κ2) is 12.0. The molecule has 0 bridgehead atoms. The average molecular weight is 498 g/mol. The third-order valence-corrected chi connectivity index (χ3v) is 8.62. The van der Waals surface area contributed by atoms with E-state index >= 15 is 0 Å². The van der Waals surface area contributed by atoms with Crippen molar-refractivity contribution >= 4 is 12.8 Å². The molecule has 2 aromatic carbocycles. The van der Waals surface area contributed by atoms with Gasteiger partial charge in [0.05, 0.1) is 13.7 Å². The SMILES string of the molecule is Cc1ccc(CCCC(C)(C)C)c(N2CCC(COc3cccc([C@H](C)CP(C)(C)=O)c3)CC2)c1. The highest BCUT2D eigenvalue weighted by Gasteiger charge is 2.22. The van der Waals surface area contributed by atoms with E-state index in [1.807, 2.05) is 13.3 Å². The smallest absolute Gasteiger partial charge is 0.119 e. The predicted molar refractivity (Wildman–Crippen MR) is 153 cm³/mol. The third-order valence-electron chi connectivity index (χ3n) is 7.20. The Bertz CT molecular complexity index is 995. The van der Waals surface area contributed by atoms with E-state index in [0.717, 1.165) is 38.0 Å². The van der Waals surface area contributed by atoms with Crippen LogP contribution in [0.4, 0.5) is 5.69 Å². The minimum atomic E-state index is -2.04. The van der Waals surface area contributed by atoms with E-state index in [0.29, 0.717) is 11.3 Å². The van der Waals surface area contributed by atoms with E-state index in [2.05, 4.69) is 82.0 Å². The van der Waals surface area contributed by atoms with Gasteiger partial charge >= 0.3 is 0 Å². The summed E-state index contributed by atoms with van der Waals surface area (Å²) in [6.45, 7) is 18.1. The summed E-state index contributed by atoms with van der Waals surface area (Å²) in [7, 11) is -2.04. The Hall–Kier alpha value is -1.73. The number of rotatable bonds is 10. The van der Waals surface area contributed by atoms with Crippen LogP contribution in [0.1, 0.15) is 76.0 Å². The molecule has 1 saturated heterocycles. The fraction of sp³-hybridized carbons (Fsp3) is 0.613. The van der Waals surface area contributed by atoms with Crippen molar-refractivity contribution in [2.24, 2.45) is 11.3 Å². The summed E-state index contributed by atoms with van der Waals surface area (Å²) in [4.78, 5) is 2.60. The average Bonchev–Trinajstić information content (AvgIpc) is 2.77. The number of hydrogen-bond acceptors (Lipinski definition) is 3. The van der Waals surface area contributed by atoms with Gasteiger partial charge in [-0.2, -0.15) is 0 Å². The summed E-state index contributed by atoms with van der Waals surface area (Å²) in [6, 6.07) is 15.4. The first-order valence-electron chi connectivity index (χ1n) is 13.5. The Balaban J connectivity index is 1.53. The molecule has 35 heavy (non-hydrogen) atoms. The van der Waals surface area contributed by atoms with Gasteiger partial charge in [-0.05, 0) is 104 Å². The lowest BCUT2D eigenvalue weighted by Crippen LogP contribution is -2.36. The standard InChI is InChI=1S/C31H48NO2P/c1-24-13-14-27(11-9-17-31(3,4)5)30(20-24)32-18-15-26(16-19-32)22-34-29-12-8-10-28(21-29)25(2)23-35(6,7)33/h8,10,12-14,20-21,25-26H,9,11,15-19,22-23H2,1-7H3/t25-/m1/s1. The number of ether oxygens (including phenoxy) is 1. The number of hydrogen-bond donors (Lipinski definition) is 0. The van der Waals surface area contributed by atoms with E-state index in [4.69, 9.17) is 4.74 Å². The molecular weight excluding hydrogens is 449 g/mol. The van der Waals surface area contributed by atoms with Crippen LogP contribution in [0, 0.1) is 18.3 Å². The number of nitrogens with zero attached hydrogens (tertiary/aromatic N) is 1. The first kappa shape index (κ1) is 27.9. The predicted octanol–water partition coefficient (Wildman–Crippen LogP) is 8.39. The lowest BCUT2D eigenvalue weighted by molar-refractivity contribution is 0.222. The van der Waals surface area contributed by atoms with Gasteiger partial charge in [0.15, 0.2) is 0 Å². The summed E-state index contributed by atoms with van der Waals surface area (Å²) in [6.07, 6.45) is 6.74. The van der Waals surface area contributed by atoms with Crippen molar-refractivity contribution in [2.75, 3.05) is 44.1 Å². The van der Waals surface area contributed by atoms with E-state index in [9.17, 15) is 4.57 Å². The molecule has 0 amide bonds. The van der Waals surface area contributed by atoms with Gasteiger partial charge < -0.3 is 14.2 Å². The van der Waals surface area contributed by atoms with Crippen LogP contribution in [-0.4, -0.2) is 39.2 Å². The largest absolute Gasteiger partial charge is 0.493 e. The van der Waals surface area contributed by atoms with Crippen LogP contribution < -0.4 is 9.64 Å². The van der Waals surface area contributed by atoms with Crippen molar-refractivity contribution in [1.82, 2.24) is 0 Å². The topological polar surface area (TPSA) is 29.5 Å². The van der Waals surface area contributed by atoms with Crippen LogP contribution in [0.15, 0.2) is 42.5 Å².